The van der Waals surface area contributed by atoms with Crippen molar-refractivity contribution in [1.29, 1.82) is 0 Å². The smallest absolute Gasteiger partial charge is 0.0441 e. The highest BCUT2D eigenvalue weighted by atomic mass is 35.5. The van der Waals surface area contributed by atoms with Crippen molar-refractivity contribution in [2.45, 2.75) is 43.6 Å². The fourth-order valence-electron chi connectivity index (χ4n) is 3.37. The topological polar surface area (TPSA) is 26.0 Å². The lowest BCUT2D eigenvalue weighted by Gasteiger charge is -2.20. The normalized spacial score (nSPS) is 34.2. The van der Waals surface area contributed by atoms with Crippen molar-refractivity contribution in [3.05, 3.63) is 34.9 Å². The van der Waals surface area contributed by atoms with Crippen molar-refractivity contribution in [2.75, 3.05) is 0 Å². The molecule has 0 heterocycles. The Morgan fingerprint density at radius 1 is 1.19 bits per heavy atom. The van der Waals surface area contributed by atoms with Crippen LogP contribution in [0.4, 0.5) is 0 Å². The molecule has 2 fully saturated rings. The molecule has 2 aliphatic carbocycles. The molecule has 2 aliphatic rings. The maximum Gasteiger partial charge on any atom is 0.0441 e. The summed E-state index contributed by atoms with van der Waals surface area (Å²) in [6, 6.07) is 8.16. The third-order valence-electron chi connectivity index (χ3n) is 4.44. The zero-order valence-corrected chi connectivity index (χ0v) is 10.2. The third-order valence-corrected chi connectivity index (χ3v) is 4.79. The van der Waals surface area contributed by atoms with E-state index in [1.165, 1.54) is 31.2 Å². The lowest BCUT2D eigenvalue weighted by molar-refractivity contribution is 0.404. The van der Waals surface area contributed by atoms with Gasteiger partial charge >= 0.3 is 0 Å². The van der Waals surface area contributed by atoms with Gasteiger partial charge in [-0.05, 0) is 36.8 Å². The average molecular weight is 236 g/mol. The first kappa shape index (κ1) is 10.6. The number of hydrogen-bond acceptors (Lipinski definition) is 1. The van der Waals surface area contributed by atoms with Gasteiger partial charge in [-0.3, -0.25) is 0 Å². The Bertz CT molecular complexity index is 397. The Hall–Kier alpha value is -0.530. The minimum absolute atomic E-state index is 0.0570. The molecule has 1 aromatic carbocycles. The second-order valence-corrected chi connectivity index (χ2v) is 5.78. The third kappa shape index (κ3) is 1.57. The average Bonchev–Trinajstić information content (AvgIpc) is 2.77. The van der Waals surface area contributed by atoms with Crippen LogP contribution in [0.5, 0.6) is 0 Å². The maximum absolute atomic E-state index is 6.54. The number of rotatable bonds is 2. The van der Waals surface area contributed by atoms with Crippen molar-refractivity contribution in [1.82, 2.24) is 0 Å². The van der Waals surface area contributed by atoms with Gasteiger partial charge in [-0.15, -0.1) is 0 Å². The second-order valence-electron chi connectivity index (χ2n) is 5.37. The van der Waals surface area contributed by atoms with Crippen LogP contribution in [0.15, 0.2) is 24.3 Å². The second kappa shape index (κ2) is 3.75. The highest BCUT2D eigenvalue weighted by molar-refractivity contribution is 6.31. The zero-order valence-electron chi connectivity index (χ0n) is 9.45. The van der Waals surface area contributed by atoms with E-state index < -0.39 is 0 Å². The van der Waals surface area contributed by atoms with Crippen molar-refractivity contribution in [3.63, 3.8) is 0 Å². The number of nitrogens with two attached hydrogens (primary N) is 1. The highest BCUT2D eigenvalue weighted by Crippen LogP contribution is 2.58. The van der Waals surface area contributed by atoms with Crippen LogP contribution in [0, 0.1) is 5.92 Å². The number of halogens is 1. The molecule has 0 saturated heterocycles. The SMILES string of the molecule is NC1(C2CCCC2)CC1c1ccccc1Cl. The first-order valence-corrected chi connectivity index (χ1v) is 6.63. The molecule has 2 saturated carbocycles. The van der Waals surface area contributed by atoms with Crippen molar-refractivity contribution in [2.24, 2.45) is 11.7 Å². The molecule has 3 rings (SSSR count). The summed E-state index contributed by atoms with van der Waals surface area (Å²) in [5.41, 5.74) is 7.86. The van der Waals surface area contributed by atoms with E-state index in [4.69, 9.17) is 17.3 Å². The molecule has 0 radical (unpaired) electrons. The minimum atomic E-state index is 0.0570. The molecule has 1 aromatic rings. The van der Waals surface area contributed by atoms with Gasteiger partial charge < -0.3 is 5.73 Å². The van der Waals surface area contributed by atoms with Gasteiger partial charge in [-0.2, -0.15) is 0 Å². The Balaban J connectivity index is 1.82. The summed E-state index contributed by atoms with van der Waals surface area (Å²) in [5.74, 6) is 1.23. The van der Waals surface area contributed by atoms with Crippen molar-refractivity contribution >= 4 is 11.6 Å². The number of hydrogen-bond donors (Lipinski definition) is 1. The van der Waals surface area contributed by atoms with Gasteiger partial charge in [0.05, 0.1) is 0 Å². The van der Waals surface area contributed by atoms with Gasteiger partial charge in [0.25, 0.3) is 0 Å². The van der Waals surface area contributed by atoms with Crippen molar-refractivity contribution < 1.29 is 0 Å². The molecule has 16 heavy (non-hydrogen) atoms. The van der Waals surface area contributed by atoms with Gasteiger partial charge in [0.2, 0.25) is 0 Å². The summed E-state index contributed by atoms with van der Waals surface area (Å²) in [4.78, 5) is 0. The molecule has 0 spiro atoms. The molecular weight excluding hydrogens is 218 g/mol. The Morgan fingerprint density at radius 3 is 2.56 bits per heavy atom. The fraction of sp³-hybridized carbons (Fsp3) is 0.571. The monoisotopic (exact) mass is 235 g/mol. The van der Waals surface area contributed by atoms with Crippen molar-refractivity contribution in [3.8, 4) is 0 Å². The Labute approximate surface area is 102 Å². The van der Waals surface area contributed by atoms with Crippen LogP contribution in [0.3, 0.4) is 0 Å². The van der Waals surface area contributed by atoms with Gasteiger partial charge in [0.15, 0.2) is 0 Å². The fourth-order valence-corrected chi connectivity index (χ4v) is 3.63. The zero-order chi connectivity index (χ0) is 11.2. The standard InChI is InChI=1S/C14H18ClN/c15-13-8-4-3-7-11(13)12-9-14(12,16)10-5-1-2-6-10/h3-4,7-8,10,12H,1-2,5-6,9,16H2. The molecule has 86 valence electrons. The van der Waals surface area contributed by atoms with E-state index in [0.29, 0.717) is 5.92 Å². The van der Waals surface area contributed by atoms with Crippen LogP contribution in [-0.2, 0) is 0 Å². The summed E-state index contributed by atoms with van der Waals surface area (Å²) in [7, 11) is 0. The summed E-state index contributed by atoms with van der Waals surface area (Å²) < 4.78 is 0. The van der Waals surface area contributed by atoms with E-state index >= 15 is 0 Å². The lowest BCUT2D eigenvalue weighted by Crippen LogP contribution is -2.32. The summed E-state index contributed by atoms with van der Waals surface area (Å²) in [6.07, 6.45) is 6.48. The van der Waals surface area contributed by atoms with E-state index in [1.54, 1.807) is 0 Å². The molecule has 2 unspecified atom stereocenters. The Morgan fingerprint density at radius 2 is 1.88 bits per heavy atom. The molecule has 0 aliphatic heterocycles. The van der Waals surface area contributed by atoms with Gasteiger partial charge in [0, 0.05) is 16.5 Å². The van der Waals surface area contributed by atoms with E-state index in [1.807, 2.05) is 12.1 Å². The first-order chi connectivity index (χ1) is 7.72. The molecular formula is C14H18ClN. The van der Waals surface area contributed by atoms with E-state index in [0.717, 1.165) is 17.4 Å². The summed E-state index contributed by atoms with van der Waals surface area (Å²) in [6.45, 7) is 0. The molecule has 2 atom stereocenters. The Kier molecular flexibility index (Phi) is 2.49. The van der Waals surface area contributed by atoms with Crippen LogP contribution in [0.1, 0.15) is 43.6 Å². The predicted molar refractivity (Wildman–Crippen MR) is 67.7 cm³/mol. The quantitative estimate of drug-likeness (QED) is 0.831. The molecule has 2 N–H and O–H groups in total. The van der Waals surface area contributed by atoms with Gasteiger partial charge in [-0.1, -0.05) is 42.6 Å². The first-order valence-electron chi connectivity index (χ1n) is 6.25. The molecule has 0 aromatic heterocycles. The largest absolute Gasteiger partial charge is 0.324 e. The molecule has 0 bridgehead atoms. The highest BCUT2D eigenvalue weighted by Gasteiger charge is 2.57. The van der Waals surface area contributed by atoms with E-state index in [-0.39, 0.29) is 5.54 Å². The molecule has 0 amide bonds. The van der Waals surface area contributed by atoms with Crippen LogP contribution >= 0.6 is 11.6 Å². The van der Waals surface area contributed by atoms with Gasteiger partial charge in [0.1, 0.15) is 0 Å². The van der Waals surface area contributed by atoms with Gasteiger partial charge in [-0.25, -0.2) is 0 Å². The lowest BCUT2D eigenvalue weighted by atomic mass is 9.92. The van der Waals surface area contributed by atoms with E-state index in [9.17, 15) is 0 Å². The number of benzene rings is 1. The van der Waals surface area contributed by atoms with Crippen LogP contribution in [0.2, 0.25) is 5.02 Å². The minimum Gasteiger partial charge on any atom is -0.324 e. The van der Waals surface area contributed by atoms with Crippen LogP contribution in [-0.4, -0.2) is 5.54 Å². The van der Waals surface area contributed by atoms with Crippen LogP contribution < -0.4 is 5.73 Å². The maximum atomic E-state index is 6.54. The molecule has 2 heteroatoms. The predicted octanol–water partition coefficient (Wildman–Crippen LogP) is 3.72. The van der Waals surface area contributed by atoms with Crippen LogP contribution in [0.25, 0.3) is 0 Å². The van der Waals surface area contributed by atoms with E-state index in [2.05, 4.69) is 12.1 Å². The summed E-state index contributed by atoms with van der Waals surface area (Å²) in [5, 5.41) is 0.887. The summed E-state index contributed by atoms with van der Waals surface area (Å²) >= 11 is 6.24. The molecule has 1 nitrogen and oxygen atoms in total.